The molecule has 1 aromatic heterocycles. The van der Waals surface area contributed by atoms with Crippen molar-refractivity contribution in [3.05, 3.63) is 36.0 Å². The predicted octanol–water partition coefficient (Wildman–Crippen LogP) is 2.41. The van der Waals surface area contributed by atoms with Gasteiger partial charge in [-0.15, -0.1) is 0 Å². The highest BCUT2D eigenvalue weighted by Crippen LogP contribution is 2.41. The van der Waals surface area contributed by atoms with E-state index in [1.807, 2.05) is 6.07 Å². The van der Waals surface area contributed by atoms with Crippen molar-refractivity contribution < 1.29 is 23.2 Å². The van der Waals surface area contributed by atoms with E-state index in [2.05, 4.69) is 10.1 Å². The first-order valence-corrected chi connectivity index (χ1v) is 10.2. The molecule has 158 valence electrons. The van der Waals surface area contributed by atoms with E-state index in [1.165, 1.54) is 4.90 Å². The third kappa shape index (κ3) is 3.32. The number of anilines is 1. The van der Waals surface area contributed by atoms with Crippen LogP contribution in [0.5, 0.6) is 5.75 Å². The standard InChI is InChI=1S/C21H23FN4O4/c1-29-16-4-2-3-15(10-16)26-11-14(9-17(26)27)19(28)25-8-7-21(22,12-25)20-23-18(24-30-20)13-5-6-13/h2-4,10,13-14H,5-9,11-12H2,1H3. The smallest absolute Gasteiger partial charge is 0.266 e. The van der Waals surface area contributed by atoms with Gasteiger partial charge in [0, 0.05) is 43.6 Å². The minimum atomic E-state index is -1.83. The molecule has 1 aromatic carbocycles. The molecule has 3 fully saturated rings. The second-order valence-corrected chi connectivity index (χ2v) is 8.31. The van der Waals surface area contributed by atoms with Gasteiger partial charge in [0.1, 0.15) is 5.75 Å². The SMILES string of the molecule is COc1cccc(N2CC(C(=O)N3CCC(F)(c4nc(C5CC5)no4)C3)CC2=O)c1. The fourth-order valence-corrected chi connectivity index (χ4v) is 4.22. The zero-order valence-electron chi connectivity index (χ0n) is 16.7. The third-order valence-electron chi connectivity index (χ3n) is 6.14. The molecule has 30 heavy (non-hydrogen) atoms. The molecule has 2 atom stereocenters. The molecule has 2 amide bonds. The molecule has 1 aliphatic carbocycles. The summed E-state index contributed by atoms with van der Waals surface area (Å²) in [5.41, 5.74) is -1.14. The first-order valence-electron chi connectivity index (χ1n) is 10.2. The summed E-state index contributed by atoms with van der Waals surface area (Å²) in [6, 6.07) is 7.17. The van der Waals surface area contributed by atoms with Crippen LogP contribution < -0.4 is 9.64 Å². The number of nitrogens with zero attached hydrogens (tertiary/aromatic N) is 4. The molecule has 2 aliphatic heterocycles. The zero-order chi connectivity index (χ0) is 20.9. The van der Waals surface area contributed by atoms with E-state index in [9.17, 15) is 9.59 Å². The van der Waals surface area contributed by atoms with Crippen LogP contribution in [0.4, 0.5) is 10.1 Å². The quantitative estimate of drug-likeness (QED) is 0.747. The summed E-state index contributed by atoms with van der Waals surface area (Å²) in [5, 5.41) is 3.89. The normalized spacial score (nSPS) is 26.5. The Balaban J connectivity index is 1.26. The van der Waals surface area contributed by atoms with E-state index in [4.69, 9.17) is 9.26 Å². The maximum Gasteiger partial charge on any atom is 0.266 e. The first kappa shape index (κ1) is 19.0. The summed E-state index contributed by atoms with van der Waals surface area (Å²) in [7, 11) is 1.56. The van der Waals surface area contributed by atoms with Gasteiger partial charge in [-0.2, -0.15) is 4.98 Å². The lowest BCUT2D eigenvalue weighted by atomic mass is 10.1. The lowest BCUT2D eigenvalue weighted by Gasteiger charge is -2.22. The van der Waals surface area contributed by atoms with Crippen molar-refractivity contribution in [3.8, 4) is 5.75 Å². The number of rotatable bonds is 5. The number of carbonyl (C=O) groups is 2. The van der Waals surface area contributed by atoms with Crippen LogP contribution in [-0.2, 0) is 15.3 Å². The van der Waals surface area contributed by atoms with E-state index in [-0.39, 0.29) is 56.1 Å². The number of aromatic nitrogens is 2. The van der Waals surface area contributed by atoms with Crippen molar-refractivity contribution in [2.75, 3.05) is 31.6 Å². The van der Waals surface area contributed by atoms with Crippen molar-refractivity contribution in [2.45, 2.75) is 37.3 Å². The molecule has 0 spiro atoms. The summed E-state index contributed by atoms with van der Waals surface area (Å²) in [6.45, 7) is 0.412. The molecular weight excluding hydrogens is 391 g/mol. The number of ether oxygens (including phenoxy) is 1. The zero-order valence-corrected chi connectivity index (χ0v) is 16.7. The molecule has 3 aliphatic rings. The van der Waals surface area contributed by atoms with Gasteiger partial charge in [-0.1, -0.05) is 11.2 Å². The molecule has 5 rings (SSSR count). The fraction of sp³-hybridized carbons (Fsp3) is 0.524. The molecule has 9 heteroatoms. The van der Waals surface area contributed by atoms with E-state index in [1.54, 1.807) is 30.2 Å². The van der Waals surface area contributed by atoms with Crippen molar-refractivity contribution in [3.63, 3.8) is 0 Å². The highest BCUT2D eigenvalue weighted by atomic mass is 19.1. The maximum absolute atomic E-state index is 15.5. The van der Waals surface area contributed by atoms with Gasteiger partial charge >= 0.3 is 0 Å². The van der Waals surface area contributed by atoms with Gasteiger partial charge in [0.2, 0.25) is 17.5 Å². The average Bonchev–Trinajstić information content (AvgIpc) is 3.15. The Morgan fingerprint density at radius 2 is 2.20 bits per heavy atom. The molecule has 3 heterocycles. The average molecular weight is 414 g/mol. The minimum Gasteiger partial charge on any atom is -0.497 e. The number of likely N-dealkylation sites (tertiary alicyclic amines) is 1. The summed E-state index contributed by atoms with van der Waals surface area (Å²) < 4.78 is 25.8. The Hall–Kier alpha value is -2.97. The summed E-state index contributed by atoms with van der Waals surface area (Å²) in [6.07, 6.45) is 2.23. The van der Waals surface area contributed by atoms with E-state index in [0.717, 1.165) is 12.8 Å². The number of benzene rings is 1. The number of hydrogen-bond donors (Lipinski definition) is 0. The second kappa shape index (κ2) is 7.07. The van der Waals surface area contributed by atoms with Crippen LogP contribution in [0.25, 0.3) is 0 Å². The molecule has 2 aromatic rings. The van der Waals surface area contributed by atoms with Crippen molar-refractivity contribution in [2.24, 2.45) is 5.92 Å². The Bertz CT molecular complexity index is 991. The van der Waals surface area contributed by atoms with Crippen LogP contribution in [0.2, 0.25) is 0 Å². The molecule has 1 saturated carbocycles. The molecule has 0 N–H and O–H groups in total. The molecule has 8 nitrogen and oxygen atoms in total. The number of alkyl halides is 1. The lowest BCUT2D eigenvalue weighted by molar-refractivity contribution is -0.135. The van der Waals surface area contributed by atoms with Crippen molar-refractivity contribution in [1.29, 1.82) is 0 Å². The van der Waals surface area contributed by atoms with E-state index in [0.29, 0.717) is 17.3 Å². The monoisotopic (exact) mass is 414 g/mol. The maximum atomic E-state index is 15.5. The number of hydrogen-bond acceptors (Lipinski definition) is 6. The van der Waals surface area contributed by atoms with Gasteiger partial charge in [0.25, 0.3) is 5.89 Å². The molecule has 0 bridgehead atoms. The Morgan fingerprint density at radius 3 is 2.97 bits per heavy atom. The number of methoxy groups -OCH3 is 1. The third-order valence-corrected chi connectivity index (χ3v) is 6.14. The summed E-state index contributed by atoms with van der Waals surface area (Å²) >= 11 is 0. The number of carbonyl (C=O) groups excluding carboxylic acids is 2. The van der Waals surface area contributed by atoms with Gasteiger partial charge in [-0.25, -0.2) is 4.39 Å². The molecule has 2 unspecified atom stereocenters. The van der Waals surface area contributed by atoms with Gasteiger partial charge in [0.05, 0.1) is 19.6 Å². The number of amides is 2. The minimum absolute atomic E-state index is 0.0415. The van der Waals surface area contributed by atoms with Gasteiger partial charge in [-0.3, -0.25) is 9.59 Å². The van der Waals surface area contributed by atoms with E-state index >= 15 is 4.39 Å². The topological polar surface area (TPSA) is 88.8 Å². The Morgan fingerprint density at radius 1 is 1.37 bits per heavy atom. The molecule has 0 radical (unpaired) electrons. The van der Waals surface area contributed by atoms with Crippen LogP contribution in [0.3, 0.4) is 0 Å². The van der Waals surface area contributed by atoms with E-state index < -0.39 is 11.6 Å². The van der Waals surface area contributed by atoms with Crippen molar-refractivity contribution in [1.82, 2.24) is 15.0 Å². The largest absolute Gasteiger partial charge is 0.497 e. The first-order chi connectivity index (χ1) is 14.5. The summed E-state index contributed by atoms with van der Waals surface area (Å²) in [4.78, 5) is 32.9. The Labute approximate surface area is 173 Å². The highest BCUT2D eigenvalue weighted by molar-refractivity contribution is 6.00. The number of halogens is 1. The predicted molar refractivity (Wildman–Crippen MR) is 104 cm³/mol. The molecule has 2 saturated heterocycles. The van der Waals surface area contributed by atoms with Gasteiger partial charge in [-0.05, 0) is 25.0 Å². The fourth-order valence-electron chi connectivity index (χ4n) is 4.22. The van der Waals surface area contributed by atoms with Crippen LogP contribution >= 0.6 is 0 Å². The van der Waals surface area contributed by atoms with Gasteiger partial charge < -0.3 is 19.1 Å². The van der Waals surface area contributed by atoms with Crippen LogP contribution in [-0.4, -0.2) is 53.6 Å². The second-order valence-electron chi connectivity index (χ2n) is 8.31. The van der Waals surface area contributed by atoms with Crippen LogP contribution in [0.1, 0.15) is 43.3 Å². The summed E-state index contributed by atoms with van der Waals surface area (Å²) in [5.74, 6) is 0.589. The lowest BCUT2D eigenvalue weighted by Crippen LogP contribution is -2.37. The molecular formula is C21H23FN4O4. The highest BCUT2D eigenvalue weighted by Gasteiger charge is 2.49. The van der Waals surface area contributed by atoms with Crippen LogP contribution in [0, 0.1) is 5.92 Å². The van der Waals surface area contributed by atoms with Crippen LogP contribution in [0.15, 0.2) is 28.8 Å². The Kier molecular flexibility index (Phi) is 4.48. The van der Waals surface area contributed by atoms with Gasteiger partial charge in [0.15, 0.2) is 5.82 Å². The van der Waals surface area contributed by atoms with Crippen molar-refractivity contribution >= 4 is 17.5 Å².